The maximum absolute atomic E-state index is 12.1. The van der Waals surface area contributed by atoms with E-state index in [2.05, 4.69) is 28.1 Å². The van der Waals surface area contributed by atoms with Gasteiger partial charge >= 0.3 is 0 Å². The molecule has 1 amide bonds. The molecule has 1 heterocycles. The lowest BCUT2D eigenvalue weighted by molar-refractivity contribution is -0.116. The summed E-state index contributed by atoms with van der Waals surface area (Å²) in [5.74, 6) is -0.0384. The summed E-state index contributed by atoms with van der Waals surface area (Å²) in [5.41, 5.74) is 2.88. The molecule has 0 fully saturated rings. The molecule has 3 aromatic rings. The Labute approximate surface area is 134 Å². The van der Waals surface area contributed by atoms with Crippen molar-refractivity contribution in [3.05, 3.63) is 65.3 Å². The zero-order chi connectivity index (χ0) is 15.5. The van der Waals surface area contributed by atoms with Gasteiger partial charge in [0.15, 0.2) is 0 Å². The fraction of sp³-hybridized carbons (Fsp3) is 0.167. The zero-order valence-corrected chi connectivity index (χ0v) is 13.1. The lowest BCUT2D eigenvalue weighted by atomic mass is 10.2. The Hall–Kier alpha value is -2.26. The molecule has 1 aromatic heterocycles. The fourth-order valence-corrected chi connectivity index (χ4v) is 2.77. The SMILES string of the molecule is Cc1ccc(NC(=O)CCn2ccc3ccccc32)c(Cl)c1. The van der Waals surface area contributed by atoms with Gasteiger partial charge in [-0.15, -0.1) is 0 Å². The first kappa shape index (κ1) is 14.7. The van der Waals surface area contributed by atoms with Gasteiger partial charge in [-0.1, -0.05) is 35.9 Å². The Bertz CT molecular complexity index is 823. The minimum Gasteiger partial charge on any atom is -0.347 e. The summed E-state index contributed by atoms with van der Waals surface area (Å²) in [7, 11) is 0. The molecule has 112 valence electrons. The van der Waals surface area contributed by atoms with Crippen LogP contribution in [0.2, 0.25) is 5.02 Å². The number of nitrogens with one attached hydrogen (secondary N) is 1. The molecule has 0 aliphatic heterocycles. The van der Waals surface area contributed by atoms with Gasteiger partial charge in [-0.25, -0.2) is 0 Å². The second kappa shape index (κ2) is 6.24. The summed E-state index contributed by atoms with van der Waals surface area (Å²) >= 11 is 6.13. The van der Waals surface area contributed by atoms with Crippen LogP contribution in [0.5, 0.6) is 0 Å². The Morgan fingerprint density at radius 3 is 2.82 bits per heavy atom. The van der Waals surface area contributed by atoms with Gasteiger partial charge < -0.3 is 9.88 Å². The topological polar surface area (TPSA) is 34.0 Å². The maximum Gasteiger partial charge on any atom is 0.226 e. The second-order valence-electron chi connectivity index (χ2n) is 5.35. The first-order valence-electron chi connectivity index (χ1n) is 7.23. The highest BCUT2D eigenvalue weighted by Gasteiger charge is 2.07. The number of amides is 1. The van der Waals surface area contributed by atoms with E-state index in [1.165, 1.54) is 5.39 Å². The Balaban J connectivity index is 1.65. The standard InChI is InChI=1S/C18H17ClN2O/c1-13-6-7-16(15(19)12-13)20-18(22)9-11-21-10-8-14-4-2-3-5-17(14)21/h2-8,10,12H,9,11H2,1H3,(H,20,22). The molecule has 0 radical (unpaired) electrons. The van der Waals surface area contributed by atoms with Gasteiger partial charge in [0.2, 0.25) is 5.91 Å². The number of anilines is 1. The van der Waals surface area contributed by atoms with Crippen molar-refractivity contribution in [2.24, 2.45) is 0 Å². The van der Waals surface area contributed by atoms with E-state index in [4.69, 9.17) is 11.6 Å². The summed E-state index contributed by atoms with van der Waals surface area (Å²) in [6.45, 7) is 2.61. The first-order valence-corrected chi connectivity index (χ1v) is 7.61. The summed E-state index contributed by atoms with van der Waals surface area (Å²) < 4.78 is 2.09. The van der Waals surface area contributed by atoms with Crippen molar-refractivity contribution in [1.29, 1.82) is 0 Å². The number of halogens is 1. The lowest BCUT2D eigenvalue weighted by Crippen LogP contribution is -2.14. The summed E-state index contributed by atoms with van der Waals surface area (Å²) in [5, 5.41) is 4.62. The maximum atomic E-state index is 12.1. The van der Waals surface area contributed by atoms with E-state index in [0.29, 0.717) is 23.7 Å². The molecule has 22 heavy (non-hydrogen) atoms. The van der Waals surface area contributed by atoms with E-state index in [1.54, 1.807) is 0 Å². The number of benzene rings is 2. The Morgan fingerprint density at radius 1 is 1.18 bits per heavy atom. The quantitative estimate of drug-likeness (QED) is 0.748. The molecule has 0 spiro atoms. The van der Waals surface area contributed by atoms with Crippen molar-refractivity contribution in [2.45, 2.75) is 19.9 Å². The van der Waals surface area contributed by atoms with Crippen LogP contribution < -0.4 is 5.32 Å². The van der Waals surface area contributed by atoms with Crippen LogP contribution in [0.1, 0.15) is 12.0 Å². The molecule has 0 saturated carbocycles. The largest absolute Gasteiger partial charge is 0.347 e. The highest BCUT2D eigenvalue weighted by atomic mass is 35.5. The summed E-state index contributed by atoms with van der Waals surface area (Å²) in [6, 6.07) is 15.8. The van der Waals surface area contributed by atoms with E-state index in [1.807, 2.05) is 43.5 Å². The van der Waals surface area contributed by atoms with Gasteiger partial charge in [-0.05, 0) is 42.1 Å². The van der Waals surface area contributed by atoms with E-state index in [-0.39, 0.29) is 5.91 Å². The summed E-state index contributed by atoms with van der Waals surface area (Å²) in [6.07, 6.45) is 2.42. The molecule has 0 aliphatic rings. The third-order valence-corrected chi connectivity index (χ3v) is 3.97. The van der Waals surface area contributed by atoms with Crippen molar-refractivity contribution in [3.63, 3.8) is 0 Å². The third-order valence-electron chi connectivity index (χ3n) is 3.66. The normalized spacial score (nSPS) is 10.8. The van der Waals surface area contributed by atoms with Crippen molar-refractivity contribution in [1.82, 2.24) is 4.57 Å². The van der Waals surface area contributed by atoms with Gasteiger partial charge in [0, 0.05) is 24.7 Å². The van der Waals surface area contributed by atoms with Crippen LogP contribution in [0.15, 0.2) is 54.7 Å². The number of carbonyl (C=O) groups excluding carboxylic acids is 1. The van der Waals surface area contributed by atoms with Gasteiger partial charge in [0.25, 0.3) is 0 Å². The highest BCUT2D eigenvalue weighted by molar-refractivity contribution is 6.33. The molecular formula is C18H17ClN2O. The van der Waals surface area contributed by atoms with Crippen molar-refractivity contribution < 1.29 is 4.79 Å². The van der Waals surface area contributed by atoms with Crippen LogP contribution in [0.4, 0.5) is 5.69 Å². The van der Waals surface area contributed by atoms with Crippen LogP contribution in [-0.4, -0.2) is 10.5 Å². The van der Waals surface area contributed by atoms with Gasteiger partial charge in [-0.2, -0.15) is 0 Å². The first-order chi connectivity index (χ1) is 10.6. The number of nitrogens with zero attached hydrogens (tertiary/aromatic N) is 1. The van der Waals surface area contributed by atoms with Crippen LogP contribution in [0.3, 0.4) is 0 Å². The predicted octanol–water partition coefficient (Wildman–Crippen LogP) is 4.63. The van der Waals surface area contributed by atoms with E-state index < -0.39 is 0 Å². The molecule has 1 N–H and O–H groups in total. The second-order valence-corrected chi connectivity index (χ2v) is 5.76. The minimum atomic E-state index is -0.0384. The minimum absolute atomic E-state index is 0.0384. The smallest absolute Gasteiger partial charge is 0.226 e. The molecule has 3 rings (SSSR count). The molecule has 0 saturated heterocycles. The molecule has 0 aliphatic carbocycles. The molecule has 2 aromatic carbocycles. The Morgan fingerprint density at radius 2 is 2.00 bits per heavy atom. The fourth-order valence-electron chi connectivity index (χ4n) is 2.49. The van der Waals surface area contributed by atoms with E-state index >= 15 is 0 Å². The number of rotatable bonds is 4. The van der Waals surface area contributed by atoms with Crippen LogP contribution in [-0.2, 0) is 11.3 Å². The number of hydrogen-bond donors (Lipinski definition) is 1. The van der Waals surface area contributed by atoms with E-state index in [0.717, 1.165) is 11.1 Å². The average Bonchev–Trinajstić information content (AvgIpc) is 2.91. The Kier molecular flexibility index (Phi) is 4.16. The number of carbonyl (C=O) groups is 1. The average molecular weight is 313 g/mol. The van der Waals surface area contributed by atoms with Gasteiger partial charge in [-0.3, -0.25) is 4.79 Å². The van der Waals surface area contributed by atoms with Crippen LogP contribution in [0, 0.1) is 6.92 Å². The van der Waals surface area contributed by atoms with Crippen LogP contribution in [0.25, 0.3) is 10.9 Å². The van der Waals surface area contributed by atoms with Crippen molar-refractivity contribution in [3.8, 4) is 0 Å². The highest BCUT2D eigenvalue weighted by Crippen LogP contribution is 2.23. The monoisotopic (exact) mass is 312 g/mol. The number of aromatic nitrogens is 1. The zero-order valence-electron chi connectivity index (χ0n) is 12.3. The number of fused-ring (bicyclic) bond motifs is 1. The number of hydrogen-bond acceptors (Lipinski definition) is 1. The lowest BCUT2D eigenvalue weighted by Gasteiger charge is -2.09. The van der Waals surface area contributed by atoms with Gasteiger partial charge in [0.05, 0.1) is 10.7 Å². The number of para-hydroxylation sites is 1. The number of aryl methyl sites for hydroxylation is 2. The predicted molar refractivity (Wildman–Crippen MR) is 91.4 cm³/mol. The molecule has 3 nitrogen and oxygen atoms in total. The molecule has 0 bridgehead atoms. The summed E-state index contributed by atoms with van der Waals surface area (Å²) in [4.78, 5) is 12.1. The van der Waals surface area contributed by atoms with Gasteiger partial charge in [0.1, 0.15) is 0 Å². The molecule has 4 heteroatoms. The van der Waals surface area contributed by atoms with E-state index in [9.17, 15) is 4.79 Å². The molecule has 0 atom stereocenters. The molecule has 0 unspecified atom stereocenters. The van der Waals surface area contributed by atoms with Crippen molar-refractivity contribution >= 4 is 34.1 Å². The molecular weight excluding hydrogens is 296 g/mol. The van der Waals surface area contributed by atoms with Crippen LogP contribution >= 0.6 is 11.6 Å². The third kappa shape index (κ3) is 3.15. The van der Waals surface area contributed by atoms with Crippen molar-refractivity contribution in [2.75, 3.05) is 5.32 Å².